The van der Waals surface area contributed by atoms with E-state index in [-0.39, 0.29) is 0 Å². The number of benzene rings is 1. The standard InChI is InChI=1S/C9H9NO2/c1-2-11-7-3-4-8-9(5-7)12-6-10-8/h3-6H,2H2,1H3. The van der Waals surface area contributed by atoms with Crippen LogP contribution in [-0.4, -0.2) is 11.6 Å². The molecule has 1 aromatic heterocycles. The molecule has 2 rings (SSSR count). The summed E-state index contributed by atoms with van der Waals surface area (Å²) in [6, 6.07) is 5.60. The first-order valence-corrected chi connectivity index (χ1v) is 3.86. The van der Waals surface area contributed by atoms with Gasteiger partial charge in [0.25, 0.3) is 0 Å². The van der Waals surface area contributed by atoms with Gasteiger partial charge in [0.15, 0.2) is 12.0 Å². The lowest BCUT2D eigenvalue weighted by molar-refractivity contribution is 0.340. The van der Waals surface area contributed by atoms with Crippen LogP contribution in [0.15, 0.2) is 29.0 Å². The van der Waals surface area contributed by atoms with Crippen LogP contribution in [0, 0.1) is 0 Å². The Morgan fingerprint density at radius 1 is 1.50 bits per heavy atom. The maximum atomic E-state index is 5.30. The van der Waals surface area contributed by atoms with Gasteiger partial charge in [-0.3, -0.25) is 0 Å². The molecule has 0 radical (unpaired) electrons. The van der Waals surface area contributed by atoms with E-state index in [1.807, 2.05) is 25.1 Å². The molecule has 1 heterocycles. The van der Waals surface area contributed by atoms with Crippen LogP contribution in [0.25, 0.3) is 11.1 Å². The Bertz CT molecular complexity index is 381. The molecule has 1 aromatic carbocycles. The van der Waals surface area contributed by atoms with E-state index in [1.165, 1.54) is 6.39 Å². The molecule has 0 aliphatic heterocycles. The van der Waals surface area contributed by atoms with E-state index in [4.69, 9.17) is 9.15 Å². The van der Waals surface area contributed by atoms with Crippen molar-refractivity contribution >= 4 is 11.1 Å². The van der Waals surface area contributed by atoms with E-state index >= 15 is 0 Å². The first-order valence-electron chi connectivity index (χ1n) is 3.86. The number of ether oxygens (including phenoxy) is 1. The topological polar surface area (TPSA) is 35.3 Å². The number of rotatable bonds is 2. The van der Waals surface area contributed by atoms with Gasteiger partial charge < -0.3 is 9.15 Å². The van der Waals surface area contributed by atoms with Crippen molar-refractivity contribution in [1.29, 1.82) is 0 Å². The normalized spacial score (nSPS) is 10.4. The Balaban J connectivity index is 2.46. The van der Waals surface area contributed by atoms with Crippen LogP contribution in [-0.2, 0) is 0 Å². The van der Waals surface area contributed by atoms with Gasteiger partial charge in [-0.2, -0.15) is 0 Å². The Hall–Kier alpha value is -1.51. The second kappa shape index (κ2) is 2.85. The van der Waals surface area contributed by atoms with E-state index < -0.39 is 0 Å². The third-order valence-electron chi connectivity index (χ3n) is 1.61. The first-order chi connectivity index (χ1) is 5.90. The fourth-order valence-electron chi connectivity index (χ4n) is 1.09. The summed E-state index contributed by atoms with van der Waals surface area (Å²) >= 11 is 0. The summed E-state index contributed by atoms with van der Waals surface area (Å²) in [6.45, 7) is 2.62. The van der Waals surface area contributed by atoms with Gasteiger partial charge in [-0.15, -0.1) is 0 Å². The predicted octanol–water partition coefficient (Wildman–Crippen LogP) is 2.23. The molecule has 0 unspecified atom stereocenters. The zero-order valence-corrected chi connectivity index (χ0v) is 6.78. The third kappa shape index (κ3) is 1.13. The molecule has 0 spiro atoms. The van der Waals surface area contributed by atoms with Crippen molar-refractivity contribution in [2.45, 2.75) is 6.92 Å². The minimum atomic E-state index is 0.666. The molecule has 3 nitrogen and oxygen atoms in total. The van der Waals surface area contributed by atoms with Crippen LogP contribution in [0.2, 0.25) is 0 Å². The molecule has 2 aromatic rings. The van der Waals surface area contributed by atoms with Gasteiger partial charge >= 0.3 is 0 Å². The lowest BCUT2D eigenvalue weighted by Gasteiger charge is -2.00. The summed E-state index contributed by atoms with van der Waals surface area (Å²) in [5.74, 6) is 0.821. The zero-order chi connectivity index (χ0) is 8.39. The smallest absolute Gasteiger partial charge is 0.181 e. The van der Waals surface area contributed by atoms with Crippen molar-refractivity contribution in [2.75, 3.05) is 6.61 Å². The van der Waals surface area contributed by atoms with Crippen LogP contribution >= 0.6 is 0 Å². The Labute approximate surface area is 70.0 Å². The number of hydrogen-bond acceptors (Lipinski definition) is 3. The van der Waals surface area contributed by atoms with Gasteiger partial charge in [0.05, 0.1) is 6.61 Å². The highest BCUT2D eigenvalue weighted by Crippen LogP contribution is 2.19. The van der Waals surface area contributed by atoms with Crippen molar-refractivity contribution in [3.05, 3.63) is 24.6 Å². The molecular weight excluding hydrogens is 154 g/mol. The molecule has 0 aliphatic carbocycles. The van der Waals surface area contributed by atoms with Crippen LogP contribution < -0.4 is 4.74 Å². The average Bonchev–Trinajstić information content (AvgIpc) is 2.51. The van der Waals surface area contributed by atoms with Gasteiger partial charge in [0.2, 0.25) is 0 Å². The van der Waals surface area contributed by atoms with E-state index in [2.05, 4.69) is 4.98 Å². The van der Waals surface area contributed by atoms with Crippen LogP contribution in [0.3, 0.4) is 0 Å². The minimum absolute atomic E-state index is 0.666. The molecule has 0 saturated heterocycles. The number of fused-ring (bicyclic) bond motifs is 1. The number of hydrogen-bond donors (Lipinski definition) is 0. The lowest BCUT2D eigenvalue weighted by Crippen LogP contribution is -1.90. The monoisotopic (exact) mass is 163 g/mol. The van der Waals surface area contributed by atoms with E-state index in [1.54, 1.807) is 0 Å². The molecule has 0 saturated carbocycles. The molecular formula is C9H9NO2. The fourth-order valence-corrected chi connectivity index (χ4v) is 1.09. The van der Waals surface area contributed by atoms with Crippen LogP contribution in [0.1, 0.15) is 6.92 Å². The second-order valence-electron chi connectivity index (χ2n) is 2.41. The van der Waals surface area contributed by atoms with Gasteiger partial charge in [-0.25, -0.2) is 4.98 Å². The van der Waals surface area contributed by atoms with Crippen molar-refractivity contribution in [2.24, 2.45) is 0 Å². The van der Waals surface area contributed by atoms with Gasteiger partial charge in [0.1, 0.15) is 11.3 Å². The summed E-state index contributed by atoms with van der Waals surface area (Å²) in [4.78, 5) is 4.00. The molecule has 0 aliphatic rings. The summed E-state index contributed by atoms with van der Waals surface area (Å²) in [5.41, 5.74) is 1.62. The first kappa shape index (κ1) is 7.16. The molecule has 0 bridgehead atoms. The Morgan fingerprint density at radius 3 is 3.25 bits per heavy atom. The molecule has 0 N–H and O–H groups in total. The largest absolute Gasteiger partial charge is 0.494 e. The molecule has 0 fully saturated rings. The van der Waals surface area contributed by atoms with E-state index in [0.29, 0.717) is 6.61 Å². The van der Waals surface area contributed by atoms with E-state index in [9.17, 15) is 0 Å². The van der Waals surface area contributed by atoms with Crippen molar-refractivity contribution in [1.82, 2.24) is 4.98 Å². The summed E-state index contributed by atoms with van der Waals surface area (Å²) in [5, 5.41) is 0. The minimum Gasteiger partial charge on any atom is -0.494 e. The average molecular weight is 163 g/mol. The SMILES string of the molecule is CCOc1ccc2ncoc2c1. The number of nitrogens with zero attached hydrogens (tertiary/aromatic N) is 1. The summed E-state index contributed by atoms with van der Waals surface area (Å²) < 4.78 is 10.4. The second-order valence-corrected chi connectivity index (χ2v) is 2.41. The van der Waals surface area contributed by atoms with Gasteiger partial charge in [-0.05, 0) is 19.1 Å². The highest BCUT2D eigenvalue weighted by Gasteiger charge is 1.99. The van der Waals surface area contributed by atoms with Gasteiger partial charge in [0, 0.05) is 6.07 Å². The van der Waals surface area contributed by atoms with Crippen LogP contribution in [0.4, 0.5) is 0 Å². The Morgan fingerprint density at radius 2 is 2.42 bits per heavy atom. The van der Waals surface area contributed by atoms with Gasteiger partial charge in [-0.1, -0.05) is 0 Å². The fraction of sp³-hybridized carbons (Fsp3) is 0.222. The van der Waals surface area contributed by atoms with Crippen LogP contribution in [0.5, 0.6) is 5.75 Å². The highest BCUT2D eigenvalue weighted by atomic mass is 16.5. The van der Waals surface area contributed by atoms with Crippen molar-refractivity contribution in [3.8, 4) is 5.75 Å². The molecule has 0 atom stereocenters. The predicted molar refractivity (Wildman–Crippen MR) is 45.2 cm³/mol. The highest BCUT2D eigenvalue weighted by molar-refractivity contribution is 5.73. The molecule has 62 valence electrons. The summed E-state index contributed by atoms with van der Waals surface area (Å²) in [7, 11) is 0. The molecule has 12 heavy (non-hydrogen) atoms. The lowest BCUT2D eigenvalue weighted by atomic mass is 10.3. The maximum absolute atomic E-state index is 5.30. The summed E-state index contributed by atoms with van der Waals surface area (Å²) in [6.07, 6.45) is 1.43. The Kier molecular flexibility index (Phi) is 1.70. The van der Waals surface area contributed by atoms with E-state index in [0.717, 1.165) is 16.8 Å². The van der Waals surface area contributed by atoms with Crippen molar-refractivity contribution < 1.29 is 9.15 Å². The number of aromatic nitrogens is 1. The third-order valence-corrected chi connectivity index (χ3v) is 1.61. The quantitative estimate of drug-likeness (QED) is 0.680. The number of oxazole rings is 1. The van der Waals surface area contributed by atoms with Crippen molar-refractivity contribution in [3.63, 3.8) is 0 Å². The zero-order valence-electron chi connectivity index (χ0n) is 6.78. The molecule has 3 heteroatoms. The molecule has 0 amide bonds. The maximum Gasteiger partial charge on any atom is 0.181 e.